The van der Waals surface area contributed by atoms with E-state index in [0.29, 0.717) is 24.5 Å². The Morgan fingerprint density at radius 3 is 2.67 bits per heavy atom. The maximum Gasteiger partial charge on any atom is 0.272 e. The van der Waals surface area contributed by atoms with E-state index >= 15 is 0 Å². The summed E-state index contributed by atoms with van der Waals surface area (Å²) in [6.07, 6.45) is 0. The van der Waals surface area contributed by atoms with Crippen molar-refractivity contribution < 1.29 is 14.3 Å². The Morgan fingerprint density at radius 2 is 1.93 bits per heavy atom. The number of ether oxygens (including phenoxy) is 2. The molecule has 0 N–H and O–H groups in total. The van der Waals surface area contributed by atoms with Crippen molar-refractivity contribution in [2.45, 2.75) is 20.0 Å². The summed E-state index contributed by atoms with van der Waals surface area (Å²) in [7, 11) is 1.79. The number of aryl methyl sites for hydroxylation is 2. The van der Waals surface area contributed by atoms with Gasteiger partial charge in [-0.25, -0.2) is 0 Å². The third-order valence-corrected chi connectivity index (χ3v) is 4.56. The van der Waals surface area contributed by atoms with Crippen LogP contribution in [0.2, 0.25) is 0 Å². The molecule has 0 unspecified atom stereocenters. The largest absolute Gasteiger partial charge is 0.454 e. The number of para-hydroxylation sites is 1. The second-order valence-electron chi connectivity index (χ2n) is 6.59. The molecular weight excluding hydrogens is 342 g/mol. The van der Waals surface area contributed by atoms with Crippen LogP contribution in [0, 0.1) is 6.92 Å². The van der Waals surface area contributed by atoms with E-state index in [0.717, 1.165) is 22.6 Å². The van der Waals surface area contributed by atoms with Crippen LogP contribution in [0.1, 0.15) is 27.3 Å². The summed E-state index contributed by atoms with van der Waals surface area (Å²) in [5.41, 5.74) is 3.37. The molecule has 1 amide bonds. The Balaban J connectivity index is 1.67. The maximum absolute atomic E-state index is 13.3. The standard InChI is InChI=1S/C21H21N3O3/c1-15-11-18(23(2)22-15)21(25)24(12-16-7-4-3-5-8-16)13-17-9-6-10-19-20(17)27-14-26-19/h3-11H,12-14H2,1-2H3. The molecule has 27 heavy (non-hydrogen) atoms. The van der Waals surface area contributed by atoms with Crippen molar-refractivity contribution in [3.05, 3.63) is 77.1 Å². The lowest BCUT2D eigenvalue weighted by Crippen LogP contribution is -2.31. The zero-order chi connectivity index (χ0) is 18.8. The Hall–Kier alpha value is -3.28. The summed E-state index contributed by atoms with van der Waals surface area (Å²) >= 11 is 0. The van der Waals surface area contributed by atoms with Crippen molar-refractivity contribution >= 4 is 5.91 Å². The lowest BCUT2D eigenvalue weighted by atomic mass is 10.1. The molecule has 0 spiro atoms. The molecule has 0 saturated carbocycles. The van der Waals surface area contributed by atoms with Crippen molar-refractivity contribution in [3.8, 4) is 11.5 Å². The van der Waals surface area contributed by atoms with E-state index in [1.165, 1.54) is 0 Å². The van der Waals surface area contributed by atoms with E-state index in [-0.39, 0.29) is 12.7 Å². The number of hydrogen-bond acceptors (Lipinski definition) is 4. The van der Waals surface area contributed by atoms with Gasteiger partial charge in [-0.1, -0.05) is 42.5 Å². The first-order valence-corrected chi connectivity index (χ1v) is 8.83. The van der Waals surface area contributed by atoms with Gasteiger partial charge in [0.05, 0.1) is 12.2 Å². The smallest absolute Gasteiger partial charge is 0.272 e. The highest BCUT2D eigenvalue weighted by atomic mass is 16.7. The van der Waals surface area contributed by atoms with Gasteiger partial charge < -0.3 is 14.4 Å². The SMILES string of the molecule is Cc1cc(C(=O)N(Cc2ccccc2)Cc2cccc3c2OCO3)n(C)n1. The van der Waals surface area contributed by atoms with Gasteiger partial charge in [-0.15, -0.1) is 0 Å². The van der Waals surface area contributed by atoms with Crippen LogP contribution in [0.5, 0.6) is 11.5 Å². The molecule has 1 aromatic heterocycles. The summed E-state index contributed by atoms with van der Waals surface area (Å²) in [6.45, 7) is 3.01. The normalized spacial score (nSPS) is 12.2. The van der Waals surface area contributed by atoms with Crippen LogP contribution in [0.3, 0.4) is 0 Å². The molecule has 0 bridgehead atoms. The number of aromatic nitrogens is 2. The predicted molar refractivity (Wildman–Crippen MR) is 101 cm³/mol. The monoisotopic (exact) mass is 363 g/mol. The van der Waals surface area contributed by atoms with Crippen molar-refractivity contribution in [2.24, 2.45) is 7.05 Å². The molecule has 4 rings (SSSR count). The van der Waals surface area contributed by atoms with Gasteiger partial charge >= 0.3 is 0 Å². The van der Waals surface area contributed by atoms with Gasteiger partial charge in [0.1, 0.15) is 5.69 Å². The second kappa shape index (κ2) is 7.15. The number of fused-ring (bicyclic) bond motifs is 1. The number of amides is 1. The van der Waals surface area contributed by atoms with Gasteiger partial charge in [-0.2, -0.15) is 5.10 Å². The molecule has 0 radical (unpaired) electrons. The highest BCUT2D eigenvalue weighted by Crippen LogP contribution is 2.36. The fourth-order valence-electron chi connectivity index (χ4n) is 3.30. The lowest BCUT2D eigenvalue weighted by Gasteiger charge is -2.23. The summed E-state index contributed by atoms with van der Waals surface area (Å²) in [4.78, 5) is 15.1. The third kappa shape index (κ3) is 3.51. The highest BCUT2D eigenvalue weighted by molar-refractivity contribution is 5.92. The van der Waals surface area contributed by atoms with E-state index < -0.39 is 0 Å². The van der Waals surface area contributed by atoms with E-state index in [1.54, 1.807) is 11.7 Å². The fourth-order valence-corrected chi connectivity index (χ4v) is 3.30. The zero-order valence-corrected chi connectivity index (χ0v) is 15.4. The fraction of sp³-hybridized carbons (Fsp3) is 0.238. The number of nitrogens with zero attached hydrogens (tertiary/aromatic N) is 3. The number of benzene rings is 2. The summed E-state index contributed by atoms with van der Waals surface area (Å²) in [5, 5.41) is 4.31. The van der Waals surface area contributed by atoms with Gasteiger partial charge in [0.2, 0.25) is 6.79 Å². The van der Waals surface area contributed by atoms with Crippen LogP contribution < -0.4 is 9.47 Å². The topological polar surface area (TPSA) is 56.6 Å². The summed E-state index contributed by atoms with van der Waals surface area (Å²) in [5.74, 6) is 1.36. The number of hydrogen-bond donors (Lipinski definition) is 0. The number of rotatable bonds is 5. The number of carbonyl (C=O) groups is 1. The third-order valence-electron chi connectivity index (χ3n) is 4.56. The van der Waals surface area contributed by atoms with E-state index in [9.17, 15) is 4.79 Å². The van der Waals surface area contributed by atoms with Gasteiger partial charge in [-0.05, 0) is 24.6 Å². The second-order valence-corrected chi connectivity index (χ2v) is 6.59. The summed E-state index contributed by atoms with van der Waals surface area (Å²) in [6, 6.07) is 17.5. The molecule has 6 heteroatoms. The molecule has 6 nitrogen and oxygen atoms in total. The minimum atomic E-state index is -0.0709. The lowest BCUT2D eigenvalue weighted by molar-refractivity contribution is 0.0717. The Kier molecular flexibility index (Phi) is 4.54. The van der Waals surface area contributed by atoms with E-state index in [4.69, 9.17) is 9.47 Å². The zero-order valence-electron chi connectivity index (χ0n) is 15.4. The molecule has 0 aliphatic carbocycles. The molecule has 2 heterocycles. The van der Waals surface area contributed by atoms with Crippen molar-refractivity contribution in [2.75, 3.05) is 6.79 Å². The predicted octanol–water partition coefficient (Wildman–Crippen LogP) is 3.30. The molecule has 0 fully saturated rings. The Bertz CT molecular complexity index is 966. The Labute approximate surface area is 157 Å². The summed E-state index contributed by atoms with van der Waals surface area (Å²) < 4.78 is 12.7. The molecule has 0 saturated heterocycles. The van der Waals surface area contributed by atoms with Crippen molar-refractivity contribution in [3.63, 3.8) is 0 Å². The Morgan fingerprint density at radius 1 is 1.11 bits per heavy atom. The van der Waals surface area contributed by atoms with E-state index in [2.05, 4.69) is 5.10 Å². The van der Waals surface area contributed by atoms with Gasteiger partial charge in [0, 0.05) is 19.2 Å². The average molecular weight is 363 g/mol. The van der Waals surface area contributed by atoms with Crippen LogP contribution >= 0.6 is 0 Å². The van der Waals surface area contributed by atoms with Crippen LogP contribution in [-0.2, 0) is 20.1 Å². The van der Waals surface area contributed by atoms with Crippen molar-refractivity contribution in [1.29, 1.82) is 0 Å². The first kappa shape index (κ1) is 17.1. The first-order valence-electron chi connectivity index (χ1n) is 8.83. The van der Waals surface area contributed by atoms with Crippen LogP contribution in [-0.4, -0.2) is 27.4 Å². The van der Waals surface area contributed by atoms with Crippen LogP contribution in [0.4, 0.5) is 0 Å². The highest BCUT2D eigenvalue weighted by Gasteiger charge is 2.24. The van der Waals surface area contributed by atoms with Gasteiger partial charge in [0.25, 0.3) is 5.91 Å². The molecular formula is C21H21N3O3. The number of carbonyl (C=O) groups excluding carboxylic acids is 1. The van der Waals surface area contributed by atoms with Crippen LogP contribution in [0.25, 0.3) is 0 Å². The van der Waals surface area contributed by atoms with Gasteiger partial charge in [0.15, 0.2) is 11.5 Å². The molecule has 3 aromatic rings. The molecule has 2 aromatic carbocycles. The maximum atomic E-state index is 13.3. The minimum Gasteiger partial charge on any atom is -0.454 e. The van der Waals surface area contributed by atoms with E-state index in [1.807, 2.05) is 66.4 Å². The molecule has 0 atom stereocenters. The minimum absolute atomic E-state index is 0.0709. The first-order chi connectivity index (χ1) is 13.1. The van der Waals surface area contributed by atoms with Gasteiger partial charge in [-0.3, -0.25) is 9.48 Å². The molecule has 1 aliphatic heterocycles. The van der Waals surface area contributed by atoms with Crippen molar-refractivity contribution in [1.82, 2.24) is 14.7 Å². The average Bonchev–Trinajstić information content (AvgIpc) is 3.28. The molecule has 138 valence electrons. The molecule has 1 aliphatic rings. The quantitative estimate of drug-likeness (QED) is 0.698. The van der Waals surface area contributed by atoms with Crippen LogP contribution in [0.15, 0.2) is 54.6 Å².